The predicted molar refractivity (Wildman–Crippen MR) is 124 cm³/mol. The van der Waals surface area contributed by atoms with Gasteiger partial charge in [-0.2, -0.15) is 0 Å². The molecule has 1 saturated heterocycles. The molecule has 1 N–H and O–H groups in total. The highest BCUT2D eigenvalue weighted by molar-refractivity contribution is 6.31. The number of nitrogens with zero attached hydrogens (tertiary/aromatic N) is 1. The number of aromatic carboxylic acids is 1. The maximum atomic E-state index is 15.4. The Morgan fingerprint density at radius 2 is 1.94 bits per heavy atom. The Morgan fingerprint density at radius 1 is 1.21 bits per heavy atom. The molecule has 0 amide bonds. The van der Waals surface area contributed by atoms with Gasteiger partial charge in [-0.15, -0.1) is 0 Å². The average molecular weight is 478 g/mol. The number of halogens is 3. The van der Waals surface area contributed by atoms with E-state index in [4.69, 9.17) is 16.3 Å². The molecular formula is C26H30ClF2NO3. The predicted octanol–water partition coefficient (Wildman–Crippen LogP) is 6.53. The SMILES string of the molecule is CC(C)(C)c1c(F)c(C(=O)O)cc(C2CC2)c1O[C@@H]1CCCN(Cc2ccc(F)cc2Cl)C1. The van der Waals surface area contributed by atoms with Gasteiger partial charge in [0.05, 0.1) is 5.56 Å². The van der Waals surface area contributed by atoms with E-state index in [1.54, 1.807) is 6.07 Å². The third-order valence-electron chi connectivity index (χ3n) is 6.40. The molecule has 2 aromatic rings. The first kappa shape index (κ1) is 24.0. The second-order valence-corrected chi connectivity index (χ2v) is 10.6. The normalized spacial score (nSPS) is 19.5. The summed E-state index contributed by atoms with van der Waals surface area (Å²) in [6.07, 6.45) is 3.47. The van der Waals surface area contributed by atoms with E-state index in [1.807, 2.05) is 20.8 Å². The van der Waals surface area contributed by atoms with Crippen LogP contribution >= 0.6 is 11.6 Å². The molecule has 0 unspecified atom stereocenters. The van der Waals surface area contributed by atoms with Crippen LogP contribution < -0.4 is 4.74 Å². The molecule has 4 nitrogen and oxygen atoms in total. The molecule has 1 atom stereocenters. The number of hydrogen-bond acceptors (Lipinski definition) is 3. The molecule has 0 bridgehead atoms. The maximum Gasteiger partial charge on any atom is 0.338 e. The van der Waals surface area contributed by atoms with E-state index in [9.17, 15) is 14.3 Å². The van der Waals surface area contributed by atoms with Crippen molar-refractivity contribution in [1.29, 1.82) is 0 Å². The van der Waals surface area contributed by atoms with Crippen molar-refractivity contribution in [1.82, 2.24) is 4.90 Å². The summed E-state index contributed by atoms with van der Waals surface area (Å²) in [5, 5.41) is 9.99. The van der Waals surface area contributed by atoms with Crippen LogP contribution in [0.3, 0.4) is 0 Å². The van der Waals surface area contributed by atoms with Crippen LogP contribution in [0.1, 0.15) is 79.4 Å². The molecule has 2 fully saturated rings. The zero-order valence-electron chi connectivity index (χ0n) is 19.3. The third-order valence-corrected chi connectivity index (χ3v) is 6.75. The van der Waals surface area contributed by atoms with E-state index in [2.05, 4.69) is 4.90 Å². The van der Waals surface area contributed by atoms with Crippen molar-refractivity contribution in [3.63, 3.8) is 0 Å². The molecule has 0 aromatic heterocycles. The Hall–Kier alpha value is -2.18. The molecule has 178 valence electrons. The van der Waals surface area contributed by atoms with Crippen molar-refractivity contribution < 1.29 is 23.4 Å². The molecule has 2 aliphatic rings. The van der Waals surface area contributed by atoms with Gasteiger partial charge >= 0.3 is 5.97 Å². The molecule has 4 rings (SSSR count). The van der Waals surface area contributed by atoms with Crippen molar-refractivity contribution >= 4 is 17.6 Å². The number of ether oxygens (including phenoxy) is 1. The highest BCUT2D eigenvalue weighted by Gasteiger charge is 2.37. The Labute approximate surface area is 198 Å². The van der Waals surface area contributed by atoms with Crippen molar-refractivity contribution in [2.45, 2.75) is 70.4 Å². The summed E-state index contributed by atoms with van der Waals surface area (Å²) in [5.74, 6) is -1.61. The fraction of sp³-hybridized carbons (Fsp3) is 0.500. The monoisotopic (exact) mass is 477 g/mol. The minimum atomic E-state index is -1.26. The second-order valence-electron chi connectivity index (χ2n) is 10.2. The highest BCUT2D eigenvalue weighted by Crippen LogP contribution is 2.49. The first-order valence-electron chi connectivity index (χ1n) is 11.5. The van der Waals surface area contributed by atoms with E-state index in [0.29, 0.717) is 29.4 Å². The van der Waals surface area contributed by atoms with Crippen LogP contribution in [0, 0.1) is 11.6 Å². The smallest absolute Gasteiger partial charge is 0.338 e. The number of benzene rings is 2. The van der Waals surface area contributed by atoms with Gasteiger partial charge in [0.25, 0.3) is 0 Å². The Kier molecular flexibility index (Phi) is 6.70. The average Bonchev–Trinajstić information content (AvgIpc) is 3.54. The van der Waals surface area contributed by atoms with E-state index in [0.717, 1.165) is 43.4 Å². The standard InChI is InChI=1S/C26H30ClF2NO3/c1-26(2,3)22-23(29)20(25(31)32)12-19(15-6-7-15)24(22)33-18-5-4-10-30(14-18)13-16-8-9-17(28)11-21(16)27/h8-9,11-12,15,18H,4-7,10,13-14H2,1-3H3,(H,31,32)/t18-/m1/s1. The molecule has 1 heterocycles. The number of carboxylic acids is 1. The van der Waals surface area contributed by atoms with Gasteiger partial charge in [0.1, 0.15) is 23.5 Å². The Morgan fingerprint density at radius 3 is 2.55 bits per heavy atom. The Balaban J connectivity index is 1.62. The summed E-state index contributed by atoms with van der Waals surface area (Å²) >= 11 is 6.22. The lowest BCUT2D eigenvalue weighted by Gasteiger charge is -2.35. The van der Waals surface area contributed by atoms with Gasteiger partial charge in [-0.3, -0.25) is 4.90 Å². The number of rotatable bonds is 6. The van der Waals surface area contributed by atoms with Gasteiger partial charge in [0.2, 0.25) is 0 Å². The molecule has 1 aliphatic carbocycles. The summed E-state index contributed by atoms with van der Waals surface area (Å²) in [6, 6.07) is 5.90. The van der Waals surface area contributed by atoms with Crippen LogP contribution in [0.5, 0.6) is 5.75 Å². The minimum absolute atomic E-state index is 0.161. The van der Waals surface area contributed by atoms with Crippen LogP contribution in [-0.4, -0.2) is 35.2 Å². The molecule has 2 aromatic carbocycles. The zero-order valence-corrected chi connectivity index (χ0v) is 20.0. The lowest BCUT2D eigenvalue weighted by molar-refractivity contribution is 0.0689. The summed E-state index contributed by atoms with van der Waals surface area (Å²) < 4.78 is 35.3. The maximum absolute atomic E-state index is 15.4. The lowest BCUT2D eigenvalue weighted by Crippen LogP contribution is -2.41. The number of hydrogen-bond donors (Lipinski definition) is 1. The van der Waals surface area contributed by atoms with Crippen LogP contribution in [0.2, 0.25) is 5.02 Å². The van der Waals surface area contributed by atoms with E-state index >= 15 is 4.39 Å². The fourth-order valence-corrected chi connectivity index (χ4v) is 4.85. The second kappa shape index (κ2) is 9.22. The minimum Gasteiger partial charge on any atom is -0.488 e. The summed E-state index contributed by atoms with van der Waals surface area (Å²) in [7, 11) is 0. The summed E-state index contributed by atoms with van der Waals surface area (Å²) in [6.45, 7) is 7.71. The van der Waals surface area contributed by atoms with Crippen LogP contribution in [0.15, 0.2) is 24.3 Å². The fourth-order valence-electron chi connectivity index (χ4n) is 4.62. The van der Waals surface area contributed by atoms with Crippen molar-refractivity contribution in [2.75, 3.05) is 13.1 Å². The van der Waals surface area contributed by atoms with Crippen molar-refractivity contribution in [3.8, 4) is 5.75 Å². The molecule has 0 spiro atoms. The van der Waals surface area contributed by atoms with Crippen LogP contribution in [0.4, 0.5) is 8.78 Å². The van der Waals surface area contributed by atoms with E-state index in [1.165, 1.54) is 18.2 Å². The molecular weight excluding hydrogens is 448 g/mol. The molecule has 33 heavy (non-hydrogen) atoms. The largest absolute Gasteiger partial charge is 0.488 e. The lowest BCUT2D eigenvalue weighted by atomic mass is 9.82. The van der Waals surface area contributed by atoms with Crippen molar-refractivity contribution in [2.24, 2.45) is 0 Å². The van der Waals surface area contributed by atoms with Gasteiger partial charge in [0, 0.05) is 23.7 Å². The van der Waals surface area contributed by atoms with Crippen molar-refractivity contribution in [3.05, 3.63) is 63.2 Å². The van der Waals surface area contributed by atoms with Gasteiger partial charge in [-0.05, 0) is 72.9 Å². The highest BCUT2D eigenvalue weighted by atomic mass is 35.5. The van der Waals surface area contributed by atoms with Gasteiger partial charge in [-0.25, -0.2) is 13.6 Å². The number of piperidine rings is 1. The topological polar surface area (TPSA) is 49.8 Å². The van der Waals surface area contributed by atoms with Crippen LogP contribution in [-0.2, 0) is 12.0 Å². The summed E-state index contributed by atoms with van der Waals surface area (Å²) in [5.41, 5.74) is 1.08. The van der Waals surface area contributed by atoms with E-state index < -0.39 is 17.2 Å². The zero-order chi connectivity index (χ0) is 23.9. The van der Waals surface area contributed by atoms with Gasteiger partial charge in [-0.1, -0.05) is 38.4 Å². The first-order chi connectivity index (χ1) is 15.5. The number of carbonyl (C=O) groups is 1. The van der Waals surface area contributed by atoms with Gasteiger partial charge in [0.15, 0.2) is 0 Å². The quantitative estimate of drug-likeness (QED) is 0.513. The number of likely N-dealkylation sites (tertiary alicyclic amines) is 1. The first-order valence-corrected chi connectivity index (χ1v) is 11.9. The number of carboxylic acid groups (broad SMARTS) is 1. The molecule has 7 heteroatoms. The van der Waals surface area contributed by atoms with E-state index in [-0.39, 0.29) is 23.4 Å². The third kappa shape index (κ3) is 5.33. The summed E-state index contributed by atoms with van der Waals surface area (Å²) in [4.78, 5) is 14.0. The molecule has 1 saturated carbocycles. The Bertz CT molecular complexity index is 1060. The van der Waals surface area contributed by atoms with Gasteiger partial charge < -0.3 is 9.84 Å². The molecule has 0 radical (unpaired) electrons. The van der Waals surface area contributed by atoms with Crippen LogP contribution in [0.25, 0.3) is 0 Å². The molecule has 1 aliphatic heterocycles.